The fraction of sp³-hybridized carbons (Fsp3) is 0.222. The molecule has 0 aliphatic carbocycles. The van der Waals surface area contributed by atoms with Crippen LogP contribution in [-0.4, -0.2) is 30.1 Å². The van der Waals surface area contributed by atoms with Gasteiger partial charge in [-0.25, -0.2) is 9.82 Å². The number of benzene rings is 2. The molecule has 0 aliphatic rings. The number of nitrogens with zero attached hydrogens (tertiary/aromatic N) is 1. The van der Waals surface area contributed by atoms with Crippen LogP contribution in [0, 0.1) is 5.82 Å². The maximum absolute atomic E-state index is 13.2. The molecule has 4 nitrogen and oxygen atoms in total. The van der Waals surface area contributed by atoms with Gasteiger partial charge >= 0.3 is 23.9 Å². The molecular formula is C18H12F8N2O2. The Morgan fingerprint density at radius 1 is 1.00 bits per heavy atom. The van der Waals surface area contributed by atoms with E-state index in [9.17, 15) is 39.9 Å². The standard InChI is InChI=1S/C18H12F8N2O2/c19-13-6-4-11(5-7-13)10-30-14-3-1-2-12(8-14)9-27-28-15(29)16(20,21)17(22,23)18(24,25)26/h1-9H,10H2,(H,28,29)/b27-9-. The van der Waals surface area contributed by atoms with Crippen molar-refractivity contribution < 1.29 is 44.7 Å². The van der Waals surface area contributed by atoms with Crippen molar-refractivity contribution in [3.63, 3.8) is 0 Å². The number of nitrogens with one attached hydrogen (secondary N) is 1. The van der Waals surface area contributed by atoms with Crippen molar-refractivity contribution in [1.82, 2.24) is 5.43 Å². The van der Waals surface area contributed by atoms with Gasteiger partial charge in [-0.3, -0.25) is 4.79 Å². The first-order valence-electron chi connectivity index (χ1n) is 7.98. The van der Waals surface area contributed by atoms with Gasteiger partial charge < -0.3 is 4.74 Å². The summed E-state index contributed by atoms with van der Waals surface area (Å²) >= 11 is 0. The van der Waals surface area contributed by atoms with Crippen molar-refractivity contribution in [2.75, 3.05) is 0 Å². The summed E-state index contributed by atoms with van der Waals surface area (Å²) in [7, 11) is 0. The predicted molar refractivity (Wildman–Crippen MR) is 88.9 cm³/mol. The molecule has 2 rings (SSSR count). The Morgan fingerprint density at radius 2 is 1.63 bits per heavy atom. The minimum absolute atomic E-state index is 0.0519. The number of rotatable bonds is 7. The van der Waals surface area contributed by atoms with E-state index >= 15 is 0 Å². The molecule has 0 unspecified atom stereocenters. The molecule has 0 radical (unpaired) electrons. The van der Waals surface area contributed by atoms with Crippen LogP contribution in [0.2, 0.25) is 0 Å². The van der Waals surface area contributed by atoms with Crippen LogP contribution in [-0.2, 0) is 11.4 Å². The number of carbonyl (C=O) groups is 1. The van der Waals surface area contributed by atoms with Crippen LogP contribution in [0.5, 0.6) is 5.75 Å². The molecule has 12 heteroatoms. The Labute approximate surface area is 164 Å². The van der Waals surface area contributed by atoms with E-state index in [0.29, 0.717) is 5.56 Å². The zero-order valence-electron chi connectivity index (χ0n) is 14.7. The Bertz CT molecular complexity index is 911. The lowest BCUT2D eigenvalue weighted by atomic mass is 10.1. The van der Waals surface area contributed by atoms with Crippen molar-refractivity contribution in [1.29, 1.82) is 0 Å². The largest absolute Gasteiger partial charge is 0.489 e. The topological polar surface area (TPSA) is 50.7 Å². The Balaban J connectivity index is 2.00. The average molecular weight is 440 g/mol. The van der Waals surface area contributed by atoms with Gasteiger partial charge in [0.05, 0.1) is 6.21 Å². The van der Waals surface area contributed by atoms with E-state index in [1.807, 2.05) is 0 Å². The summed E-state index contributed by atoms with van der Waals surface area (Å²) in [5.74, 6) is -15.7. The van der Waals surface area contributed by atoms with Gasteiger partial charge in [0.25, 0.3) is 0 Å². The number of hydrogen-bond donors (Lipinski definition) is 1. The third-order valence-electron chi connectivity index (χ3n) is 3.59. The summed E-state index contributed by atoms with van der Waals surface area (Å²) in [5.41, 5.74) is 1.74. The molecule has 0 aromatic heterocycles. The molecule has 2 aromatic rings. The van der Waals surface area contributed by atoms with Crippen LogP contribution in [0.3, 0.4) is 0 Å². The van der Waals surface area contributed by atoms with Gasteiger partial charge in [0.2, 0.25) is 0 Å². The van der Waals surface area contributed by atoms with Crippen molar-refractivity contribution in [3.8, 4) is 5.75 Å². The molecule has 0 spiro atoms. The van der Waals surface area contributed by atoms with Crippen LogP contribution in [0.4, 0.5) is 35.1 Å². The fourth-order valence-corrected chi connectivity index (χ4v) is 1.99. The van der Waals surface area contributed by atoms with Gasteiger partial charge in [-0.05, 0) is 35.4 Å². The third kappa shape index (κ3) is 5.24. The van der Waals surface area contributed by atoms with Crippen molar-refractivity contribution in [2.24, 2.45) is 5.10 Å². The molecule has 0 aliphatic heterocycles. The van der Waals surface area contributed by atoms with Crippen LogP contribution in [0.15, 0.2) is 53.6 Å². The first kappa shape index (κ1) is 23.1. The number of hydrogen-bond acceptors (Lipinski definition) is 3. The minimum Gasteiger partial charge on any atom is -0.489 e. The monoisotopic (exact) mass is 440 g/mol. The van der Waals surface area contributed by atoms with Crippen LogP contribution < -0.4 is 10.2 Å². The van der Waals surface area contributed by atoms with E-state index < -0.39 is 29.7 Å². The first-order valence-corrected chi connectivity index (χ1v) is 7.98. The number of amides is 1. The molecule has 0 saturated carbocycles. The second-order valence-corrected chi connectivity index (χ2v) is 5.83. The second-order valence-electron chi connectivity index (χ2n) is 5.83. The highest BCUT2D eigenvalue weighted by molar-refractivity contribution is 5.87. The predicted octanol–water partition coefficient (Wildman–Crippen LogP) is 4.69. The maximum Gasteiger partial charge on any atom is 0.460 e. The molecule has 2 aromatic carbocycles. The van der Waals surface area contributed by atoms with Gasteiger partial charge in [-0.1, -0.05) is 24.3 Å². The zero-order valence-corrected chi connectivity index (χ0v) is 14.7. The second kappa shape index (κ2) is 8.67. The minimum atomic E-state index is -6.63. The van der Waals surface area contributed by atoms with E-state index in [-0.39, 0.29) is 17.9 Å². The Morgan fingerprint density at radius 3 is 2.23 bits per heavy atom. The SMILES string of the molecule is O=C(N/N=C\c1cccc(OCc2ccc(F)cc2)c1)C(F)(F)C(F)(F)C(F)(F)F. The lowest BCUT2D eigenvalue weighted by molar-refractivity contribution is -0.344. The average Bonchev–Trinajstić information content (AvgIpc) is 2.66. The molecule has 0 atom stereocenters. The Hall–Kier alpha value is -3.18. The quantitative estimate of drug-likeness (QED) is 0.386. The highest BCUT2D eigenvalue weighted by atomic mass is 19.4. The number of alkyl halides is 7. The van der Waals surface area contributed by atoms with Crippen molar-refractivity contribution >= 4 is 12.1 Å². The van der Waals surface area contributed by atoms with Crippen LogP contribution in [0.1, 0.15) is 11.1 Å². The smallest absolute Gasteiger partial charge is 0.460 e. The van der Waals surface area contributed by atoms with Gasteiger partial charge in [0.1, 0.15) is 18.2 Å². The van der Waals surface area contributed by atoms with E-state index in [2.05, 4.69) is 5.10 Å². The molecule has 0 fully saturated rings. The maximum atomic E-state index is 13.2. The molecule has 0 bridgehead atoms. The zero-order chi connectivity index (χ0) is 22.6. The highest BCUT2D eigenvalue weighted by Gasteiger charge is 2.76. The summed E-state index contributed by atoms with van der Waals surface area (Å²) in [6, 6.07) is 11.0. The van der Waals surface area contributed by atoms with Crippen LogP contribution >= 0.6 is 0 Å². The van der Waals surface area contributed by atoms with E-state index in [0.717, 1.165) is 11.6 Å². The first-order chi connectivity index (χ1) is 13.8. The summed E-state index contributed by atoms with van der Waals surface area (Å²) in [4.78, 5) is 11.1. The summed E-state index contributed by atoms with van der Waals surface area (Å²) < 4.78 is 106. The molecule has 1 amide bonds. The summed E-state index contributed by atoms with van der Waals surface area (Å²) in [5, 5.41) is 2.97. The van der Waals surface area contributed by atoms with Crippen molar-refractivity contribution in [3.05, 3.63) is 65.5 Å². The Kier molecular flexibility index (Phi) is 6.68. The molecule has 162 valence electrons. The van der Waals surface area contributed by atoms with Crippen LogP contribution in [0.25, 0.3) is 0 Å². The van der Waals surface area contributed by atoms with Gasteiger partial charge in [0, 0.05) is 0 Å². The number of ether oxygens (including phenoxy) is 1. The van der Waals surface area contributed by atoms with E-state index in [1.54, 1.807) is 0 Å². The normalized spacial score (nSPS) is 12.8. The highest BCUT2D eigenvalue weighted by Crippen LogP contribution is 2.46. The molecule has 30 heavy (non-hydrogen) atoms. The fourth-order valence-electron chi connectivity index (χ4n) is 1.99. The number of halogens is 8. The van der Waals surface area contributed by atoms with E-state index in [1.165, 1.54) is 48.5 Å². The number of hydrazone groups is 1. The number of carbonyl (C=O) groups excluding carboxylic acids is 1. The third-order valence-corrected chi connectivity index (χ3v) is 3.59. The van der Waals surface area contributed by atoms with Gasteiger partial charge in [0.15, 0.2) is 0 Å². The molecule has 0 heterocycles. The lowest BCUT2D eigenvalue weighted by Crippen LogP contribution is -2.58. The summed E-state index contributed by atoms with van der Waals surface area (Å²) in [6.45, 7) is 0.0519. The van der Waals surface area contributed by atoms with Gasteiger partial charge in [-0.15, -0.1) is 0 Å². The summed E-state index contributed by atoms with van der Waals surface area (Å²) in [6.07, 6.45) is -5.89. The molecule has 1 N–H and O–H groups in total. The van der Waals surface area contributed by atoms with E-state index in [4.69, 9.17) is 4.74 Å². The molecular weight excluding hydrogens is 428 g/mol. The molecule has 0 saturated heterocycles. The van der Waals surface area contributed by atoms with Crippen molar-refractivity contribution in [2.45, 2.75) is 24.6 Å². The lowest BCUT2D eigenvalue weighted by Gasteiger charge is -2.26. The van der Waals surface area contributed by atoms with Gasteiger partial charge in [-0.2, -0.15) is 35.8 Å².